The monoisotopic (exact) mass is 330 g/mol. The number of hydrogen-bond donors (Lipinski definition) is 1. The fraction of sp³-hybridized carbons (Fsp3) is 0.391. The average Bonchev–Trinajstić information content (AvgIpc) is 2.91. The van der Waals surface area contributed by atoms with Crippen molar-refractivity contribution < 1.29 is 0 Å². The van der Waals surface area contributed by atoms with Crippen LogP contribution in [0.1, 0.15) is 60.8 Å². The van der Waals surface area contributed by atoms with Crippen LogP contribution in [0.5, 0.6) is 0 Å². The number of nitrogens with one attached hydrogen (secondary N) is 1. The molecule has 2 aliphatic rings. The summed E-state index contributed by atoms with van der Waals surface area (Å²) in [4.78, 5) is 4.94. The maximum atomic E-state index is 8.93. The molecule has 2 nitrogen and oxygen atoms in total. The Labute approximate surface area is 150 Å². The van der Waals surface area contributed by atoms with Crippen LogP contribution in [-0.4, -0.2) is 18.0 Å². The predicted octanol–water partition coefficient (Wildman–Crippen LogP) is 5.42. The summed E-state index contributed by atoms with van der Waals surface area (Å²) in [5, 5.41) is 8.93. The normalized spacial score (nSPS) is 18.2. The Morgan fingerprint density at radius 2 is 1.68 bits per heavy atom. The molecule has 0 unspecified atom stereocenters. The predicted molar refractivity (Wildman–Crippen MR) is 105 cm³/mol. The second kappa shape index (κ2) is 7.35. The first-order valence-corrected chi connectivity index (χ1v) is 9.65. The Morgan fingerprint density at radius 3 is 2.48 bits per heavy atom. The molecule has 0 atom stereocenters. The number of rotatable bonds is 3. The lowest BCUT2D eigenvalue weighted by atomic mass is 9.80. The van der Waals surface area contributed by atoms with Crippen molar-refractivity contribution in [1.29, 1.82) is 5.41 Å². The molecule has 0 aromatic heterocycles. The molecule has 1 aliphatic heterocycles. The first-order chi connectivity index (χ1) is 12.3. The maximum Gasteiger partial charge on any atom is 0.0728 e. The van der Waals surface area contributed by atoms with Crippen LogP contribution in [-0.2, 0) is 6.42 Å². The van der Waals surface area contributed by atoms with Crippen LogP contribution in [0.2, 0.25) is 0 Å². The van der Waals surface area contributed by atoms with E-state index in [0.717, 1.165) is 36.4 Å². The molecule has 4 rings (SSSR count). The molecule has 2 heteroatoms. The Bertz CT molecular complexity index is 783. The summed E-state index contributed by atoms with van der Waals surface area (Å²) in [5.41, 5.74) is 6.80. The molecule has 1 saturated carbocycles. The lowest BCUT2D eigenvalue weighted by Gasteiger charge is -2.25. The minimum absolute atomic E-state index is 0.417. The van der Waals surface area contributed by atoms with Gasteiger partial charge in [0.05, 0.1) is 5.71 Å². The van der Waals surface area contributed by atoms with Gasteiger partial charge in [-0.15, -0.1) is 0 Å². The van der Waals surface area contributed by atoms with Crippen molar-refractivity contribution in [2.75, 3.05) is 6.54 Å². The van der Waals surface area contributed by atoms with E-state index in [-0.39, 0.29) is 0 Å². The first kappa shape index (κ1) is 16.3. The van der Waals surface area contributed by atoms with Gasteiger partial charge in [-0.25, -0.2) is 0 Å². The summed E-state index contributed by atoms with van der Waals surface area (Å²) in [5.74, 6) is 0.417. The molecule has 1 fully saturated rings. The van der Waals surface area contributed by atoms with Gasteiger partial charge >= 0.3 is 0 Å². The van der Waals surface area contributed by atoms with Crippen molar-refractivity contribution in [3.05, 3.63) is 70.8 Å². The molecule has 0 saturated heterocycles. The van der Waals surface area contributed by atoms with Crippen LogP contribution in [0, 0.1) is 11.3 Å². The molecule has 1 heterocycles. The van der Waals surface area contributed by atoms with Crippen molar-refractivity contribution in [3.8, 4) is 0 Å². The van der Waals surface area contributed by atoms with Crippen LogP contribution in [0.25, 0.3) is 0 Å². The zero-order chi connectivity index (χ0) is 17.1. The highest BCUT2D eigenvalue weighted by Crippen LogP contribution is 2.31. The third-order valence-electron chi connectivity index (χ3n) is 5.61. The van der Waals surface area contributed by atoms with E-state index in [1.54, 1.807) is 0 Å². The number of hydrogen-bond acceptors (Lipinski definition) is 2. The van der Waals surface area contributed by atoms with Gasteiger partial charge in [0, 0.05) is 34.9 Å². The van der Waals surface area contributed by atoms with Gasteiger partial charge in [-0.2, -0.15) is 0 Å². The van der Waals surface area contributed by atoms with Crippen molar-refractivity contribution in [1.82, 2.24) is 0 Å². The van der Waals surface area contributed by atoms with E-state index >= 15 is 0 Å². The molecule has 128 valence electrons. The fourth-order valence-electron chi connectivity index (χ4n) is 4.29. The van der Waals surface area contributed by atoms with E-state index in [1.165, 1.54) is 48.8 Å². The molecule has 2 aromatic rings. The molecule has 0 bridgehead atoms. The van der Waals surface area contributed by atoms with Gasteiger partial charge in [-0.05, 0) is 31.2 Å². The highest BCUT2D eigenvalue weighted by Gasteiger charge is 2.25. The molecule has 0 amide bonds. The largest absolute Gasteiger partial charge is 0.304 e. The zero-order valence-electron chi connectivity index (χ0n) is 14.8. The Kier molecular flexibility index (Phi) is 4.78. The summed E-state index contributed by atoms with van der Waals surface area (Å²) < 4.78 is 0. The van der Waals surface area contributed by atoms with Crippen LogP contribution >= 0.6 is 0 Å². The highest BCUT2D eigenvalue weighted by atomic mass is 14.7. The second-order valence-electron chi connectivity index (χ2n) is 7.29. The van der Waals surface area contributed by atoms with Crippen molar-refractivity contribution >= 4 is 11.4 Å². The topological polar surface area (TPSA) is 36.2 Å². The van der Waals surface area contributed by atoms with Crippen LogP contribution in [0.15, 0.2) is 53.5 Å². The van der Waals surface area contributed by atoms with Gasteiger partial charge in [-0.3, -0.25) is 4.99 Å². The van der Waals surface area contributed by atoms with E-state index < -0.39 is 0 Å². The number of benzene rings is 2. The van der Waals surface area contributed by atoms with Gasteiger partial charge in [0.25, 0.3) is 0 Å². The summed E-state index contributed by atoms with van der Waals surface area (Å²) in [6, 6.07) is 17.0. The van der Waals surface area contributed by atoms with E-state index in [9.17, 15) is 0 Å². The molecular weight excluding hydrogens is 304 g/mol. The standard InChI is InChI=1S/C23H26N2/c24-22(18-9-3-1-4-10-18)20-15-7-13-17-14-8-16-25-23(21(17)20)19-11-5-2-6-12-19/h2,5-7,11-13,15,18,24H,1,3-4,8-10,14,16H2. The van der Waals surface area contributed by atoms with Crippen LogP contribution in [0.4, 0.5) is 0 Å². The van der Waals surface area contributed by atoms with E-state index in [2.05, 4.69) is 48.5 Å². The SMILES string of the molecule is N=C(c1cccc2c1C(c1ccccc1)=NCCC2)C1CCCCC1. The summed E-state index contributed by atoms with van der Waals surface area (Å²) in [6.45, 7) is 0.870. The maximum absolute atomic E-state index is 8.93. The van der Waals surface area contributed by atoms with Gasteiger partial charge in [0.2, 0.25) is 0 Å². The zero-order valence-corrected chi connectivity index (χ0v) is 14.8. The van der Waals surface area contributed by atoms with E-state index in [0.29, 0.717) is 5.92 Å². The first-order valence-electron chi connectivity index (χ1n) is 9.65. The smallest absolute Gasteiger partial charge is 0.0728 e. The summed E-state index contributed by atoms with van der Waals surface area (Å²) in [7, 11) is 0. The molecule has 0 radical (unpaired) electrons. The van der Waals surface area contributed by atoms with Gasteiger partial charge in [-0.1, -0.05) is 67.8 Å². The third-order valence-corrected chi connectivity index (χ3v) is 5.61. The highest BCUT2D eigenvalue weighted by molar-refractivity contribution is 6.20. The Morgan fingerprint density at radius 1 is 0.880 bits per heavy atom. The Balaban J connectivity index is 1.81. The summed E-state index contributed by atoms with van der Waals surface area (Å²) in [6.07, 6.45) is 8.34. The number of aliphatic imine (C=N–C) groups is 1. The van der Waals surface area contributed by atoms with Crippen LogP contribution < -0.4 is 0 Å². The quantitative estimate of drug-likeness (QED) is 0.730. The van der Waals surface area contributed by atoms with Crippen molar-refractivity contribution in [2.24, 2.45) is 10.9 Å². The van der Waals surface area contributed by atoms with Gasteiger partial charge < -0.3 is 5.41 Å². The lowest BCUT2D eigenvalue weighted by molar-refractivity contribution is 0.438. The van der Waals surface area contributed by atoms with Crippen molar-refractivity contribution in [2.45, 2.75) is 44.9 Å². The lowest BCUT2D eigenvalue weighted by Crippen LogP contribution is -2.21. The van der Waals surface area contributed by atoms with Gasteiger partial charge in [0.1, 0.15) is 0 Å². The van der Waals surface area contributed by atoms with E-state index in [4.69, 9.17) is 10.4 Å². The molecule has 0 spiro atoms. The molecule has 25 heavy (non-hydrogen) atoms. The minimum atomic E-state index is 0.417. The summed E-state index contributed by atoms with van der Waals surface area (Å²) >= 11 is 0. The molecule has 1 aliphatic carbocycles. The van der Waals surface area contributed by atoms with Crippen LogP contribution in [0.3, 0.4) is 0 Å². The second-order valence-corrected chi connectivity index (χ2v) is 7.29. The third kappa shape index (κ3) is 3.30. The number of fused-ring (bicyclic) bond motifs is 1. The molecule has 2 aromatic carbocycles. The molecule has 1 N–H and O–H groups in total. The van der Waals surface area contributed by atoms with Gasteiger partial charge in [0.15, 0.2) is 0 Å². The number of nitrogens with zero attached hydrogens (tertiary/aromatic N) is 1. The van der Waals surface area contributed by atoms with E-state index in [1.807, 2.05) is 0 Å². The average molecular weight is 330 g/mol. The molecular formula is C23H26N2. The minimum Gasteiger partial charge on any atom is -0.304 e. The Hall–Kier alpha value is -2.22. The number of aryl methyl sites for hydroxylation is 1. The fourth-order valence-corrected chi connectivity index (χ4v) is 4.29. The van der Waals surface area contributed by atoms with Crippen molar-refractivity contribution in [3.63, 3.8) is 0 Å².